The lowest BCUT2D eigenvalue weighted by Crippen LogP contribution is -2.09. The first-order chi connectivity index (χ1) is 10.8. The molecule has 0 aromatic heterocycles. The highest BCUT2D eigenvalue weighted by molar-refractivity contribution is 5.70. The largest absolute Gasteiger partial charge is 0.507 e. The van der Waals surface area contributed by atoms with Crippen LogP contribution in [0.1, 0.15) is 35.3 Å². The van der Waals surface area contributed by atoms with Crippen LogP contribution in [0.25, 0.3) is 0 Å². The predicted octanol–water partition coefficient (Wildman–Crippen LogP) is 2.31. The fourth-order valence-corrected chi connectivity index (χ4v) is 2.26. The molecule has 1 atom stereocenters. The van der Waals surface area contributed by atoms with Gasteiger partial charge in [-0.2, -0.15) is 0 Å². The monoisotopic (exact) mass is 319 g/mol. The summed E-state index contributed by atoms with van der Waals surface area (Å²) >= 11 is 0. The number of esters is 1. The highest BCUT2D eigenvalue weighted by Crippen LogP contribution is 2.37. The summed E-state index contributed by atoms with van der Waals surface area (Å²) in [5.74, 6) is -2.02. The van der Waals surface area contributed by atoms with Crippen molar-refractivity contribution in [1.82, 2.24) is 0 Å². The van der Waals surface area contributed by atoms with Crippen molar-refractivity contribution in [3.63, 3.8) is 0 Å². The molecule has 0 aliphatic rings. The Morgan fingerprint density at radius 2 is 1.96 bits per heavy atom. The number of aliphatic hydroxyl groups is 1. The number of phenolic OH excluding ortho intramolecular Hbond substituents is 1. The third-order valence-electron chi connectivity index (χ3n) is 3.54. The number of hydrogen-bond donors (Lipinski definition) is 3. The first-order valence-electron chi connectivity index (χ1n) is 7.02. The summed E-state index contributed by atoms with van der Waals surface area (Å²) in [5, 5.41) is 20.4. The highest BCUT2D eigenvalue weighted by atomic mass is 19.1. The Morgan fingerprint density at radius 3 is 2.48 bits per heavy atom. The van der Waals surface area contributed by atoms with Crippen LogP contribution in [-0.4, -0.2) is 16.2 Å². The average Bonchev–Trinajstić information content (AvgIpc) is 2.52. The van der Waals surface area contributed by atoms with Gasteiger partial charge >= 0.3 is 5.97 Å². The van der Waals surface area contributed by atoms with Crippen LogP contribution in [0.3, 0.4) is 0 Å². The molecular weight excluding hydrogens is 301 g/mol. The number of halogens is 1. The maximum absolute atomic E-state index is 14.5. The zero-order chi connectivity index (χ0) is 17.1. The number of ether oxygens (including phenoxy) is 1. The topological polar surface area (TPSA) is 92.8 Å². The van der Waals surface area contributed by atoms with E-state index in [0.29, 0.717) is 12.1 Å². The number of carbonyl (C=O) groups is 1. The SMILES string of the molecule is CC(=O)Oc1cc(O)c(C(O)c2ccc(CN)cc2)c(F)c1C. The van der Waals surface area contributed by atoms with Gasteiger partial charge in [-0.3, -0.25) is 4.79 Å². The molecule has 0 radical (unpaired) electrons. The minimum absolute atomic E-state index is 0.0330. The number of rotatable bonds is 4. The Balaban J connectivity index is 2.45. The minimum Gasteiger partial charge on any atom is -0.507 e. The lowest BCUT2D eigenvalue weighted by atomic mass is 9.97. The lowest BCUT2D eigenvalue weighted by molar-refractivity contribution is -0.131. The summed E-state index contributed by atoms with van der Waals surface area (Å²) in [4.78, 5) is 11.0. The van der Waals surface area contributed by atoms with Crippen LogP contribution in [0.4, 0.5) is 4.39 Å². The molecule has 2 aromatic carbocycles. The van der Waals surface area contributed by atoms with Gasteiger partial charge in [0.1, 0.15) is 23.4 Å². The van der Waals surface area contributed by atoms with Gasteiger partial charge in [-0.15, -0.1) is 0 Å². The number of hydrogen-bond acceptors (Lipinski definition) is 5. The summed E-state index contributed by atoms with van der Waals surface area (Å²) in [5.41, 5.74) is 6.56. The first kappa shape index (κ1) is 16.9. The van der Waals surface area contributed by atoms with E-state index in [1.807, 2.05) is 0 Å². The number of phenols is 1. The Kier molecular flexibility index (Phi) is 4.98. The molecule has 0 heterocycles. The van der Waals surface area contributed by atoms with Gasteiger partial charge in [0.2, 0.25) is 0 Å². The fraction of sp³-hybridized carbons (Fsp3) is 0.235. The number of carbonyl (C=O) groups excluding carboxylic acids is 1. The molecule has 0 saturated carbocycles. The highest BCUT2D eigenvalue weighted by Gasteiger charge is 2.24. The van der Waals surface area contributed by atoms with Gasteiger partial charge < -0.3 is 20.7 Å². The molecule has 1 unspecified atom stereocenters. The van der Waals surface area contributed by atoms with Crippen LogP contribution in [0.2, 0.25) is 0 Å². The van der Waals surface area contributed by atoms with Crippen molar-refractivity contribution >= 4 is 5.97 Å². The normalized spacial score (nSPS) is 12.0. The summed E-state index contributed by atoms with van der Waals surface area (Å²) in [6.45, 7) is 2.93. The molecule has 2 rings (SSSR count). The van der Waals surface area contributed by atoms with Crippen molar-refractivity contribution in [2.24, 2.45) is 5.73 Å². The fourth-order valence-electron chi connectivity index (χ4n) is 2.26. The van der Waals surface area contributed by atoms with Crippen LogP contribution in [0.15, 0.2) is 30.3 Å². The molecule has 2 aromatic rings. The molecule has 0 spiro atoms. The van der Waals surface area contributed by atoms with Crippen molar-refractivity contribution in [2.75, 3.05) is 0 Å². The molecule has 0 amide bonds. The molecule has 4 N–H and O–H groups in total. The van der Waals surface area contributed by atoms with E-state index in [0.717, 1.165) is 11.6 Å². The van der Waals surface area contributed by atoms with Crippen LogP contribution in [0.5, 0.6) is 11.5 Å². The van der Waals surface area contributed by atoms with Gasteiger partial charge in [0.05, 0.1) is 5.56 Å². The zero-order valence-electron chi connectivity index (χ0n) is 12.8. The first-order valence-corrected chi connectivity index (χ1v) is 7.02. The van der Waals surface area contributed by atoms with Gasteiger partial charge in [-0.1, -0.05) is 24.3 Å². The molecule has 0 fully saturated rings. The second kappa shape index (κ2) is 6.76. The van der Waals surface area contributed by atoms with E-state index < -0.39 is 23.6 Å². The third-order valence-corrected chi connectivity index (χ3v) is 3.54. The Morgan fingerprint density at radius 1 is 1.35 bits per heavy atom. The molecule has 23 heavy (non-hydrogen) atoms. The second-order valence-corrected chi connectivity index (χ2v) is 5.19. The van der Waals surface area contributed by atoms with Crippen molar-refractivity contribution < 1.29 is 24.1 Å². The minimum atomic E-state index is -1.35. The van der Waals surface area contributed by atoms with Gasteiger partial charge in [-0.25, -0.2) is 4.39 Å². The standard InChI is InChI=1S/C17H18FNO4/c1-9-14(23-10(2)20)7-13(21)15(16(9)18)17(22)12-5-3-11(8-19)4-6-12/h3-7,17,21-22H,8,19H2,1-2H3. The van der Waals surface area contributed by atoms with Gasteiger partial charge in [0, 0.05) is 25.1 Å². The second-order valence-electron chi connectivity index (χ2n) is 5.19. The van der Waals surface area contributed by atoms with Crippen LogP contribution in [-0.2, 0) is 11.3 Å². The van der Waals surface area contributed by atoms with E-state index in [9.17, 15) is 19.4 Å². The van der Waals surface area contributed by atoms with E-state index in [1.54, 1.807) is 24.3 Å². The van der Waals surface area contributed by atoms with Gasteiger partial charge in [0.15, 0.2) is 0 Å². The third kappa shape index (κ3) is 3.49. The Labute approximate surface area is 133 Å². The molecule has 6 heteroatoms. The van der Waals surface area contributed by atoms with Crippen LogP contribution in [0, 0.1) is 12.7 Å². The smallest absolute Gasteiger partial charge is 0.308 e. The van der Waals surface area contributed by atoms with E-state index in [1.165, 1.54) is 13.8 Å². The summed E-state index contributed by atoms with van der Waals surface area (Å²) < 4.78 is 19.4. The number of aromatic hydroxyl groups is 1. The summed E-state index contributed by atoms with van der Waals surface area (Å²) in [7, 11) is 0. The van der Waals surface area contributed by atoms with Crippen LogP contribution < -0.4 is 10.5 Å². The van der Waals surface area contributed by atoms with Crippen LogP contribution >= 0.6 is 0 Å². The lowest BCUT2D eigenvalue weighted by Gasteiger charge is -2.17. The quantitative estimate of drug-likeness (QED) is 0.594. The van der Waals surface area contributed by atoms with E-state index in [2.05, 4.69) is 0 Å². The van der Waals surface area contributed by atoms with Crippen molar-refractivity contribution in [3.05, 3.63) is 58.4 Å². The van der Waals surface area contributed by atoms with Gasteiger partial charge in [0.25, 0.3) is 0 Å². The molecule has 122 valence electrons. The van der Waals surface area contributed by atoms with E-state index >= 15 is 0 Å². The maximum Gasteiger partial charge on any atom is 0.308 e. The summed E-state index contributed by atoms with van der Waals surface area (Å²) in [6, 6.07) is 7.77. The number of aliphatic hydroxyl groups excluding tert-OH is 1. The van der Waals surface area contributed by atoms with Crippen molar-refractivity contribution in [2.45, 2.75) is 26.5 Å². The molecule has 5 nitrogen and oxygen atoms in total. The number of benzene rings is 2. The average molecular weight is 319 g/mol. The molecule has 0 bridgehead atoms. The Bertz CT molecular complexity index is 728. The van der Waals surface area contributed by atoms with E-state index in [4.69, 9.17) is 10.5 Å². The predicted molar refractivity (Wildman–Crippen MR) is 82.5 cm³/mol. The number of nitrogens with two attached hydrogens (primary N) is 1. The molecular formula is C17H18FNO4. The Hall–Kier alpha value is -2.44. The van der Waals surface area contributed by atoms with Crippen molar-refractivity contribution in [1.29, 1.82) is 0 Å². The zero-order valence-corrected chi connectivity index (χ0v) is 12.8. The van der Waals surface area contributed by atoms with Gasteiger partial charge in [-0.05, 0) is 18.1 Å². The summed E-state index contributed by atoms with van der Waals surface area (Å²) in [6.07, 6.45) is -1.35. The molecule has 0 saturated heterocycles. The maximum atomic E-state index is 14.5. The van der Waals surface area contributed by atoms with E-state index in [-0.39, 0.29) is 16.9 Å². The van der Waals surface area contributed by atoms with Crippen molar-refractivity contribution in [3.8, 4) is 11.5 Å². The molecule has 0 aliphatic heterocycles. The molecule has 0 aliphatic carbocycles.